The molecule has 0 aliphatic rings. The summed E-state index contributed by atoms with van der Waals surface area (Å²) in [5.41, 5.74) is 0.168. The van der Waals surface area contributed by atoms with E-state index in [1.807, 2.05) is 36.2 Å². The third-order valence-corrected chi connectivity index (χ3v) is 2.51. The Balaban J connectivity index is 2.41. The first-order chi connectivity index (χ1) is 7.97. The first-order valence-corrected chi connectivity index (χ1v) is 5.61. The van der Waals surface area contributed by atoms with Crippen LogP contribution >= 0.6 is 0 Å². The minimum atomic E-state index is -0.749. The molecule has 1 aromatic carbocycles. The molecule has 0 saturated carbocycles. The normalized spacial score (nSPS) is 11.8. The highest BCUT2D eigenvalue weighted by Gasteiger charge is 2.18. The summed E-state index contributed by atoms with van der Waals surface area (Å²) in [4.78, 5) is 10.5. The maximum atomic E-state index is 9.84. The van der Waals surface area contributed by atoms with Crippen LogP contribution in [0.5, 0.6) is 0 Å². The molecule has 0 atom stereocenters. The maximum absolute atomic E-state index is 9.84. The lowest BCUT2D eigenvalue weighted by atomic mass is 10.1. The molecular weight excluding hydrogens is 214 g/mol. The number of aliphatic hydroxyl groups is 1. The summed E-state index contributed by atoms with van der Waals surface area (Å²) in [5.74, 6) is 0.845. The summed E-state index contributed by atoms with van der Waals surface area (Å²) in [5, 5.41) is 10.8. The van der Waals surface area contributed by atoms with Crippen molar-refractivity contribution in [1.82, 2.24) is 9.97 Å². The molecule has 0 radical (unpaired) electrons. The first kappa shape index (κ1) is 11.8. The van der Waals surface area contributed by atoms with Crippen molar-refractivity contribution >= 4 is 16.7 Å². The lowest BCUT2D eigenvalue weighted by molar-refractivity contribution is 0.0885. The van der Waals surface area contributed by atoms with E-state index < -0.39 is 5.60 Å². The van der Waals surface area contributed by atoms with Gasteiger partial charge in [-0.1, -0.05) is 12.1 Å². The Labute approximate surface area is 101 Å². The molecule has 90 valence electrons. The molecule has 0 saturated heterocycles. The van der Waals surface area contributed by atoms with Gasteiger partial charge in [0.15, 0.2) is 0 Å². The highest BCUT2D eigenvalue weighted by atomic mass is 16.3. The van der Waals surface area contributed by atoms with Crippen LogP contribution in [0.1, 0.15) is 13.8 Å². The summed E-state index contributed by atoms with van der Waals surface area (Å²) in [6, 6.07) is 7.87. The molecule has 1 aromatic heterocycles. The Bertz CT molecular complexity index is 514. The van der Waals surface area contributed by atoms with Crippen LogP contribution in [0.3, 0.4) is 0 Å². The van der Waals surface area contributed by atoms with E-state index in [4.69, 9.17) is 0 Å². The molecule has 0 aliphatic heterocycles. The number of likely N-dealkylation sites (N-methyl/N-ethyl adjacent to an activating group) is 1. The quantitative estimate of drug-likeness (QED) is 0.875. The van der Waals surface area contributed by atoms with Crippen molar-refractivity contribution < 1.29 is 5.11 Å². The fraction of sp³-hybridized carbons (Fsp3) is 0.385. The van der Waals surface area contributed by atoms with Crippen LogP contribution in [0.15, 0.2) is 30.6 Å². The molecule has 0 bridgehead atoms. The van der Waals surface area contributed by atoms with Gasteiger partial charge in [-0.25, -0.2) is 9.97 Å². The van der Waals surface area contributed by atoms with Crippen LogP contribution in [0.4, 0.5) is 5.82 Å². The smallest absolute Gasteiger partial charge is 0.139 e. The minimum absolute atomic E-state index is 0.522. The van der Waals surface area contributed by atoms with Crippen LogP contribution in [-0.4, -0.2) is 34.3 Å². The molecule has 1 N–H and O–H groups in total. The average Bonchev–Trinajstić information content (AvgIpc) is 2.26. The zero-order valence-corrected chi connectivity index (χ0v) is 10.4. The van der Waals surface area contributed by atoms with Crippen LogP contribution in [0, 0.1) is 0 Å². The summed E-state index contributed by atoms with van der Waals surface area (Å²) in [6.45, 7) is 4.09. The summed E-state index contributed by atoms with van der Waals surface area (Å²) < 4.78 is 0. The van der Waals surface area contributed by atoms with Crippen molar-refractivity contribution in [2.24, 2.45) is 0 Å². The number of fused-ring (bicyclic) bond motifs is 1. The molecule has 0 fully saturated rings. The lowest BCUT2D eigenvalue weighted by Gasteiger charge is -2.26. The van der Waals surface area contributed by atoms with Crippen LogP contribution < -0.4 is 4.90 Å². The van der Waals surface area contributed by atoms with E-state index in [2.05, 4.69) is 9.97 Å². The fourth-order valence-electron chi connectivity index (χ4n) is 1.95. The van der Waals surface area contributed by atoms with Crippen LogP contribution in [0.25, 0.3) is 10.9 Å². The largest absolute Gasteiger partial charge is 0.389 e. The van der Waals surface area contributed by atoms with E-state index in [9.17, 15) is 5.11 Å². The van der Waals surface area contributed by atoms with Gasteiger partial charge >= 0.3 is 0 Å². The van der Waals surface area contributed by atoms with E-state index in [1.54, 1.807) is 20.2 Å². The number of rotatable bonds is 3. The highest BCUT2D eigenvalue weighted by molar-refractivity contribution is 5.89. The molecule has 1 heterocycles. The number of nitrogens with zero attached hydrogens (tertiary/aromatic N) is 3. The summed E-state index contributed by atoms with van der Waals surface area (Å²) in [6.07, 6.45) is 1.55. The Morgan fingerprint density at radius 1 is 1.24 bits per heavy atom. The predicted octanol–water partition coefficient (Wildman–Crippen LogP) is 1.84. The molecule has 0 aliphatic carbocycles. The number of hydrogen-bond acceptors (Lipinski definition) is 4. The number of anilines is 1. The first-order valence-electron chi connectivity index (χ1n) is 5.61. The molecule has 4 nitrogen and oxygen atoms in total. The van der Waals surface area contributed by atoms with Crippen LogP contribution in [-0.2, 0) is 0 Å². The van der Waals surface area contributed by atoms with E-state index >= 15 is 0 Å². The standard InChI is InChI=1S/C13H17N3O/c1-13(2,17)8-16(3)12-10-6-4-5-7-11(10)14-9-15-12/h4-7,9,17H,8H2,1-3H3. The Morgan fingerprint density at radius 3 is 2.65 bits per heavy atom. The molecular formula is C13H17N3O. The highest BCUT2D eigenvalue weighted by Crippen LogP contribution is 2.22. The van der Waals surface area contributed by atoms with Crippen molar-refractivity contribution in [2.75, 3.05) is 18.5 Å². The fourth-order valence-corrected chi connectivity index (χ4v) is 1.95. The monoisotopic (exact) mass is 231 g/mol. The third-order valence-electron chi connectivity index (χ3n) is 2.51. The lowest BCUT2D eigenvalue weighted by Crippen LogP contribution is -2.36. The second-order valence-corrected chi connectivity index (χ2v) is 4.88. The number of hydrogen-bond donors (Lipinski definition) is 1. The van der Waals surface area contributed by atoms with Crippen molar-refractivity contribution in [2.45, 2.75) is 19.4 Å². The van der Waals surface area contributed by atoms with Gasteiger partial charge in [0, 0.05) is 19.0 Å². The minimum Gasteiger partial charge on any atom is -0.389 e. The maximum Gasteiger partial charge on any atom is 0.139 e. The van der Waals surface area contributed by atoms with Gasteiger partial charge in [0.05, 0.1) is 11.1 Å². The average molecular weight is 231 g/mol. The zero-order valence-electron chi connectivity index (χ0n) is 10.4. The van der Waals surface area contributed by atoms with Gasteiger partial charge < -0.3 is 10.0 Å². The van der Waals surface area contributed by atoms with Crippen molar-refractivity contribution in [1.29, 1.82) is 0 Å². The van der Waals surface area contributed by atoms with Crippen LogP contribution in [0.2, 0.25) is 0 Å². The zero-order chi connectivity index (χ0) is 12.5. The molecule has 0 amide bonds. The van der Waals surface area contributed by atoms with Gasteiger partial charge in [-0.15, -0.1) is 0 Å². The molecule has 2 rings (SSSR count). The Kier molecular flexibility index (Phi) is 2.98. The second-order valence-electron chi connectivity index (χ2n) is 4.88. The number of aromatic nitrogens is 2. The summed E-state index contributed by atoms with van der Waals surface area (Å²) >= 11 is 0. The van der Waals surface area contributed by atoms with E-state index in [0.717, 1.165) is 16.7 Å². The summed E-state index contributed by atoms with van der Waals surface area (Å²) in [7, 11) is 1.92. The predicted molar refractivity (Wildman–Crippen MR) is 69.1 cm³/mol. The second kappa shape index (κ2) is 4.30. The SMILES string of the molecule is CN(CC(C)(C)O)c1ncnc2ccccc12. The van der Waals surface area contributed by atoms with Gasteiger partial charge in [0.25, 0.3) is 0 Å². The van der Waals surface area contributed by atoms with E-state index in [0.29, 0.717) is 6.54 Å². The van der Waals surface area contributed by atoms with Gasteiger partial charge in [-0.2, -0.15) is 0 Å². The molecule has 0 spiro atoms. The van der Waals surface area contributed by atoms with Crippen molar-refractivity contribution in [3.05, 3.63) is 30.6 Å². The molecule has 0 unspecified atom stereocenters. The van der Waals surface area contributed by atoms with Gasteiger partial charge in [-0.05, 0) is 26.0 Å². The van der Waals surface area contributed by atoms with Crippen molar-refractivity contribution in [3.8, 4) is 0 Å². The van der Waals surface area contributed by atoms with E-state index in [1.165, 1.54) is 0 Å². The number of benzene rings is 1. The van der Waals surface area contributed by atoms with Gasteiger partial charge in [-0.3, -0.25) is 0 Å². The third kappa shape index (κ3) is 2.71. The van der Waals surface area contributed by atoms with Gasteiger partial charge in [0.1, 0.15) is 12.1 Å². The molecule has 2 aromatic rings. The Hall–Kier alpha value is -1.68. The van der Waals surface area contributed by atoms with Crippen molar-refractivity contribution in [3.63, 3.8) is 0 Å². The topological polar surface area (TPSA) is 49.2 Å². The number of para-hydroxylation sites is 1. The van der Waals surface area contributed by atoms with E-state index in [-0.39, 0.29) is 0 Å². The molecule has 17 heavy (non-hydrogen) atoms. The van der Waals surface area contributed by atoms with Gasteiger partial charge in [0.2, 0.25) is 0 Å². The Morgan fingerprint density at radius 2 is 1.94 bits per heavy atom. The molecule has 4 heteroatoms.